The molecule has 1 saturated heterocycles. The van der Waals surface area contributed by atoms with E-state index in [9.17, 15) is 0 Å². The second kappa shape index (κ2) is 11.3. The first-order valence-corrected chi connectivity index (χ1v) is 11.6. The number of pyridine rings is 1. The van der Waals surface area contributed by atoms with Crippen molar-refractivity contribution >= 4 is 17.3 Å². The van der Waals surface area contributed by atoms with Crippen molar-refractivity contribution in [3.63, 3.8) is 0 Å². The molecule has 2 aromatic carbocycles. The summed E-state index contributed by atoms with van der Waals surface area (Å²) in [7, 11) is 0. The standard InChI is InChI=1S/C26H30ClN3O2/c27-21-11-9-20(10-12-21)26(24-7-3-4-15-29-24)32-22-13-17-30(18-14-22)16-5-19-31-25-8-2-1-6-23(25)28/h1-4,6-12,15,22,26H,5,13-14,16-19,28H2. The average Bonchev–Trinajstić information content (AvgIpc) is 2.83. The van der Waals surface area contributed by atoms with Crippen LogP contribution in [-0.4, -0.2) is 42.2 Å². The Balaban J connectivity index is 1.26. The molecule has 2 N–H and O–H groups in total. The number of piperidine rings is 1. The fraction of sp³-hybridized carbons (Fsp3) is 0.346. The number of benzene rings is 2. The summed E-state index contributed by atoms with van der Waals surface area (Å²) in [6, 6.07) is 21.4. The fourth-order valence-electron chi connectivity index (χ4n) is 4.03. The number of anilines is 1. The lowest BCUT2D eigenvalue weighted by atomic mass is 10.0. The van der Waals surface area contributed by atoms with E-state index in [4.69, 9.17) is 26.8 Å². The Hall–Kier alpha value is -2.60. The van der Waals surface area contributed by atoms with Crippen molar-refractivity contribution in [3.8, 4) is 5.75 Å². The number of hydrogen-bond donors (Lipinski definition) is 1. The molecule has 3 aromatic rings. The van der Waals surface area contributed by atoms with Crippen molar-refractivity contribution in [3.05, 3.63) is 89.2 Å². The zero-order valence-electron chi connectivity index (χ0n) is 18.2. The van der Waals surface area contributed by atoms with Crippen LogP contribution in [0.15, 0.2) is 72.9 Å². The van der Waals surface area contributed by atoms with Crippen LogP contribution < -0.4 is 10.5 Å². The largest absolute Gasteiger partial charge is 0.491 e. The van der Waals surface area contributed by atoms with Gasteiger partial charge in [-0.1, -0.05) is 41.9 Å². The van der Waals surface area contributed by atoms with Crippen LogP contribution in [0.1, 0.15) is 36.6 Å². The molecule has 0 bridgehead atoms. The predicted octanol–water partition coefficient (Wildman–Crippen LogP) is 5.36. The number of nitrogens with zero attached hydrogens (tertiary/aromatic N) is 2. The van der Waals surface area contributed by atoms with Crippen molar-refractivity contribution < 1.29 is 9.47 Å². The molecule has 1 aliphatic rings. The van der Waals surface area contributed by atoms with E-state index in [0.717, 1.165) is 60.9 Å². The Kier molecular flexibility index (Phi) is 7.99. The molecule has 4 rings (SSSR count). The van der Waals surface area contributed by atoms with Crippen molar-refractivity contribution in [2.45, 2.75) is 31.5 Å². The first-order chi connectivity index (χ1) is 15.7. The Morgan fingerprint density at radius 1 is 1.00 bits per heavy atom. The third-order valence-electron chi connectivity index (χ3n) is 5.79. The SMILES string of the molecule is Nc1ccccc1OCCCN1CCC(OC(c2ccc(Cl)cc2)c2ccccn2)CC1. The van der Waals surface area contributed by atoms with Gasteiger partial charge in [0, 0.05) is 30.9 Å². The van der Waals surface area contributed by atoms with Gasteiger partial charge in [-0.05, 0) is 61.2 Å². The first kappa shape index (κ1) is 22.6. The summed E-state index contributed by atoms with van der Waals surface area (Å²) in [6.07, 6.45) is 4.81. The summed E-state index contributed by atoms with van der Waals surface area (Å²) in [5.74, 6) is 0.766. The average molecular weight is 452 g/mol. The van der Waals surface area contributed by atoms with Crippen molar-refractivity contribution in [2.24, 2.45) is 0 Å². The quantitative estimate of drug-likeness (QED) is 0.350. The lowest BCUT2D eigenvalue weighted by molar-refractivity contribution is -0.0288. The highest BCUT2D eigenvalue weighted by Gasteiger charge is 2.25. The first-order valence-electron chi connectivity index (χ1n) is 11.2. The van der Waals surface area contributed by atoms with Gasteiger partial charge in [-0.3, -0.25) is 4.98 Å². The molecule has 0 aliphatic carbocycles. The van der Waals surface area contributed by atoms with Crippen molar-refractivity contribution in [1.29, 1.82) is 0 Å². The topological polar surface area (TPSA) is 60.6 Å². The van der Waals surface area contributed by atoms with Gasteiger partial charge in [0.2, 0.25) is 0 Å². The van der Waals surface area contributed by atoms with E-state index < -0.39 is 0 Å². The summed E-state index contributed by atoms with van der Waals surface area (Å²) in [5, 5.41) is 0.723. The maximum absolute atomic E-state index is 6.58. The summed E-state index contributed by atoms with van der Waals surface area (Å²) >= 11 is 6.09. The van der Waals surface area contributed by atoms with Crippen molar-refractivity contribution in [2.75, 3.05) is 32.0 Å². The minimum absolute atomic E-state index is 0.185. The Morgan fingerprint density at radius 2 is 1.75 bits per heavy atom. The van der Waals surface area contributed by atoms with E-state index in [1.54, 1.807) is 0 Å². The third kappa shape index (κ3) is 6.22. The lowest BCUT2D eigenvalue weighted by Crippen LogP contribution is -2.38. The van der Waals surface area contributed by atoms with E-state index >= 15 is 0 Å². The molecule has 5 nitrogen and oxygen atoms in total. The van der Waals surface area contributed by atoms with E-state index in [1.807, 2.05) is 72.9 Å². The smallest absolute Gasteiger partial charge is 0.142 e. The van der Waals surface area contributed by atoms with Crippen LogP contribution >= 0.6 is 11.6 Å². The van der Waals surface area contributed by atoms with Gasteiger partial charge in [0.1, 0.15) is 11.9 Å². The highest BCUT2D eigenvalue weighted by molar-refractivity contribution is 6.30. The van der Waals surface area contributed by atoms with Crippen molar-refractivity contribution in [1.82, 2.24) is 9.88 Å². The van der Waals surface area contributed by atoms with Gasteiger partial charge >= 0.3 is 0 Å². The number of para-hydroxylation sites is 2. The van der Waals surface area contributed by atoms with Gasteiger partial charge in [-0.15, -0.1) is 0 Å². The molecule has 1 aromatic heterocycles. The number of nitrogen functional groups attached to an aromatic ring is 1. The number of nitrogens with two attached hydrogens (primary N) is 1. The number of likely N-dealkylation sites (tertiary alicyclic amines) is 1. The molecular formula is C26H30ClN3O2. The molecule has 0 amide bonds. The number of ether oxygens (including phenoxy) is 2. The molecule has 2 heterocycles. The molecule has 0 spiro atoms. The number of aromatic nitrogens is 1. The molecule has 6 heteroatoms. The summed E-state index contributed by atoms with van der Waals surface area (Å²) < 4.78 is 12.4. The number of rotatable bonds is 9. The van der Waals surface area contributed by atoms with Crippen LogP contribution in [-0.2, 0) is 4.74 Å². The normalized spacial score (nSPS) is 16.0. The van der Waals surface area contributed by atoms with E-state index in [-0.39, 0.29) is 12.2 Å². The minimum atomic E-state index is -0.185. The van der Waals surface area contributed by atoms with Crippen LogP contribution in [0.5, 0.6) is 5.75 Å². The third-order valence-corrected chi connectivity index (χ3v) is 6.04. The lowest BCUT2D eigenvalue weighted by Gasteiger charge is -2.34. The maximum atomic E-state index is 6.58. The van der Waals surface area contributed by atoms with E-state index in [1.165, 1.54) is 0 Å². The summed E-state index contributed by atoms with van der Waals surface area (Å²) in [6.45, 7) is 3.73. The Morgan fingerprint density at radius 3 is 2.47 bits per heavy atom. The monoisotopic (exact) mass is 451 g/mol. The second-order valence-electron chi connectivity index (χ2n) is 8.10. The van der Waals surface area contributed by atoms with Crippen LogP contribution in [0.25, 0.3) is 0 Å². The molecule has 1 unspecified atom stereocenters. The zero-order valence-corrected chi connectivity index (χ0v) is 19.0. The molecule has 1 atom stereocenters. The van der Waals surface area contributed by atoms with Gasteiger partial charge in [0.15, 0.2) is 0 Å². The summed E-state index contributed by atoms with van der Waals surface area (Å²) in [5.41, 5.74) is 8.62. The van der Waals surface area contributed by atoms with Crippen LogP contribution in [0.2, 0.25) is 5.02 Å². The highest BCUT2D eigenvalue weighted by atomic mass is 35.5. The number of halogens is 1. The molecule has 32 heavy (non-hydrogen) atoms. The van der Waals surface area contributed by atoms with Gasteiger partial charge < -0.3 is 20.1 Å². The van der Waals surface area contributed by atoms with Crippen LogP contribution in [0.4, 0.5) is 5.69 Å². The Labute approximate surface area is 195 Å². The molecule has 168 valence electrons. The van der Waals surface area contributed by atoms with E-state index in [0.29, 0.717) is 12.3 Å². The summed E-state index contributed by atoms with van der Waals surface area (Å²) in [4.78, 5) is 7.03. The number of hydrogen-bond acceptors (Lipinski definition) is 5. The minimum Gasteiger partial charge on any atom is -0.491 e. The molecule has 0 radical (unpaired) electrons. The van der Waals surface area contributed by atoms with Crippen LogP contribution in [0.3, 0.4) is 0 Å². The molecular weight excluding hydrogens is 422 g/mol. The zero-order chi connectivity index (χ0) is 22.2. The van der Waals surface area contributed by atoms with Gasteiger partial charge in [-0.25, -0.2) is 0 Å². The van der Waals surface area contributed by atoms with E-state index in [2.05, 4.69) is 9.88 Å². The van der Waals surface area contributed by atoms with Gasteiger partial charge in [0.25, 0.3) is 0 Å². The van der Waals surface area contributed by atoms with Crippen LogP contribution in [0, 0.1) is 0 Å². The Bertz CT molecular complexity index is 960. The van der Waals surface area contributed by atoms with Gasteiger partial charge in [0.05, 0.1) is 24.1 Å². The predicted molar refractivity (Wildman–Crippen MR) is 129 cm³/mol. The highest BCUT2D eigenvalue weighted by Crippen LogP contribution is 2.30. The fourth-order valence-corrected chi connectivity index (χ4v) is 4.16. The molecule has 0 saturated carbocycles. The molecule has 1 fully saturated rings. The molecule has 1 aliphatic heterocycles. The second-order valence-corrected chi connectivity index (χ2v) is 8.54. The van der Waals surface area contributed by atoms with Gasteiger partial charge in [-0.2, -0.15) is 0 Å². The maximum Gasteiger partial charge on any atom is 0.142 e.